The molecule has 5 nitrogen and oxygen atoms in total. The molecule has 0 aromatic heterocycles. The minimum absolute atomic E-state index is 0.190. The van der Waals surface area contributed by atoms with Gasteiger partial charge in [0.1, 0.15) is 0 Å². The second-order valence-corrected chi connectivity index (χ2v) is 15.1. The monoisotopic (exact) mass is 482 g/mol. The highest BCUT2D eigenvalue weighted by molar-refractivity contribution is 6.99. The lowest BCUT2D eigenvalue weighted by Crippen LogP contribution is -2.70. The molecular weight excluding hydrogens is 444 g/mol. The van der Waals surface area contributed by atoms with Crippen molar-refractivity contribution < 1.29 is 23.5 Å². The molecule has 1 aliphatic rings. The summed E-state index contributed by atoms with van der Waals surface area (Å²) in [6, 6.07) is 20.7. The molecule has 0 saturated heterocycles. The number of hydrogen-bond acceptors (Lipinski definition) is 5. The van der Waals surface area contributed by atoms with E-state index in [9.17, 15) is 9.59 Å². The first-order valence-corrected chi connectivity index (χ1v) is 14.0. The largest absolute Gasteiger partial charge is 0.462 e. The van der Waals surface area contributed by atoms with Crippen molar-refractivity contribution in [2.45, 2.75) is 84.7 Å². The number of carbonyl (C=O) groups is 2. The van der Waals surface area contributed by atoms with Crippen LogP contribution in [-0.4, -0.2) is 38.6 Å². The Hall–Kier alpha value is -2.44. The molecule has 0 radical (unpaired) electrons. The molecule has 0 bridgehead atoms. The highest BCUT2D eigenvalue weighted by atomic mass is 28.4. The topological polar surface area (TPSA) is 61.8 Å². The van der Waals surface area contributed by atoms with E-state index < -0.39 is 25.7 Å². The second-order valence-electron chi connectivity index (χ2n) is 10.8. The summed E-state index contributed by atoms with van der Waals surface area (Å²) in [5, 5.41) is 2.15. The van der Waals surface area contributed by atoms with Crippen LogP contribution in [0.5, 0.6) is 0 Å². The SMILES string of the molecule is CC(C)OC(=O)C1(C(=O)OC(C)C)CC(O[Si](c2ccccc2)(c2ccccc2)C(C)(C)C)C1. The molecule has 0 aliphatic heterocycles. The first-order chi connectivity index (χ1) is 15.9. The Morgan fingerprint density at radius 1 is 0.794 bits per heavy atom. The van der Waals surface area contributed by atoms with E-state index in [1.807, 2.05) is 36.4 Å². The maximum absolute atomic E-state index is 13.1. The van der Waals surface area contributed by atoms with Crippen LogP contribution in [0, 0.1) is 5.41 Å². The van der Waals surface area contributed by atoms with Gasteiger partial charge in [0.15, 0.2) is 5.41 Å². The van der Waals surface area contributed by atoms with E-state index in [1.165, 1.54) is 10.4 Å². The van der Waals surface area contributed by atoms with Crippen LogP contribution in [0.15, 0.2) is 60.7 Å². The first-order valence-electron chi connectivity index (χ1n) is 12.1. The van der Waals surface area contributed by atoms with E-state index in [4.69, 9.17) is 13.9 Å². The Kier molecular flexibility index (Phi) is 7.73. The molecule has 2 aromatic carbocycles. The van der Waals surface area contributed by atoms with Gasteiger partial charge >= 0.3 is 11.9 Å². The van der Waals surface area contributed by atoms with Gasteiger partial charge in [0.25, 0.3) is 8.32 Å². The van der Waals surface area contributed by atoms with Crippen molar-refractivity contribution in [3.8, 4) is 0 Å². The number of ether oxygens (including phenoxy) is 2. The summed E-state index contributed by atoms with van der Waals surface area (Å²) in [4.78, 5) is 26.1. The number of rotatable bonds is 8. The van der Waals surface area contributed by atoms with Gasteiger partial charge in [-0.05, 0) is 55.9 Å². The second kappa shape index (κ2) is 10.0. The quantitative estimate of drug-likeness (QED) is 0.312. The Morgan fingerprint density at radius 2 is 1.18 bits per heavy atom. The summed E-state index contributed by atoms with van der Waals surface area (Å²) >= 11 is 0. The van der Waals surface area contributed by atoms with Crippen LogP contribution in [0.25, 0.3) is 0 Å². The van der Waals surface area contributed by atoms with Crippen molar-refractivity contribution in [3.05, 3.63) is 60.7 Å². The summed E-state index contributed by atoms with van der Waals surface area (Å²) in [5.41, 5.74) is -1.31. The van der Waals surface area contributed by atoms with E-state index in [0.29, 0.717) is 0 Å². The lowest BCUT2D eigenvalue weighted by atomic mass is 9.66. The molecule has 0 spiro atoms. The van der Waals surface area contributed by atoms with E-state index in [2.05, 4.69) is 45.0 Å². The van der Waals surface area contributed by atoms with Gasteiger partial charge in [0.2, 0.25) is 0 Å². The van der Waals surface area contributed by atoms with Crippen LogP contribution in [-0.2, 0) is 23.5 Å². The van der Waals surface area contributed by atoms with Gasteiger partial charge < -0.3 is 13.9 Å². The molecule has 2 aromatic rings. The summed E-state index contributed by atoms with van der Waals surface area (Å²) in [6.07, 6.45) is -0.366. The third kappa shape index (κ3) is 4.98. The minimum Gasteiger partial charge on any atom is -0.462 e. The standard InChI is InChI=1S/C28H38O5Si/c1-20(2)31-25(29)28(26(30)32-21(3)4)18-22(19-28)33-34(27(5,6)7,23-14-10-8-11-15-23)24-16-12-9-13-17-24/h8-17,20-22H,18-19H2,1-7H3. The fourth-order valence-electron chi connectivity index (χ4n) is 4.81. The fraction of sp³-hybridized carbons (Fsp3) is 0.500. The van der Waals surface area contributed by atoms with Gasteiger partial charge in [-0.25, -0.2) is 0 Å². The Balaban J connectivity index is 2.00. The first kappa shape index (κ1) is 26.2. The summed E-state index contributed by atoms with van der Waals surface area (Å²) in [5.74, 6) is -1.04. The van der Waals surface area contributed by atoms with Crippen LogP contribution in [0.1, 0.15) is 61.3 Å². The molecule has 0 N–H and O–H groups in total. The predicted octanol–water partition coefficient (Wildman–Crippen LogP) is 4.62. The third-order valence-corrected chi connectivity index (χ3v) is 11.5. The van der Waals surface area contributed by atoms with Gasteiger partial charge in [0.05, 0.1) is 12.2 Å². The van der Waals surface area contributed by atoms with Crippen LogP contribution in [0.4, 0.5) is 0 Å². The molecular formula is C28H38O5Si. The molecule has 1 saturated carbocycles. The zero-order chi connectivity index (χ0) is 25.1. The zero-order valence-corrected chi connectivity index (χ0v) is 22.5. The smallest absolute Gasteiger partial charge is 0.323 e. The highest BCUT2D eigenvalue weighted by Gasteiger charge is 2.62. The lowest BCUT2D eigenvalue weighted by molar-refractivity contribution is -0.191. The van der Waals surface area contributed by atoms with Crippen LogP contribution >= 0.6 is 0 Å². The molecule has 34 heavy (non-hydrogen) atoms. The van der Waals surface area contributed by atoms with Gasteiger partial charge in [-0.3, -0.25) is 9.59 Å². The van der Waals surface area contributed by atoms with Crippen molar-refractivity contribution in [3.63, 3.8) is 0 Å². The molecule has 3 rings (SSSR count). The lowest BCUT2D eigenvalue weighted by Gasteiger charge is -2.51. The Labute approximate surface area is 204 Å². The van der Waals surface area contributed by atoms with Crippen molar-refractivity contribution in [1.29, 1.82) is 0 Å². The van der Waals surface area contributed by atoms with Gasteiger partial charge in [0, 0.05) is 6.10 Å². The molecule has 0 heterocycles. The van der Waals surface area contributed by atoms with Crippen molar-refractivity contribution in [2.24, 2.45) is 5.41 Å². The number of hydrogen-bond donors (Lipinski definition) is 0. The maximum Gasteiger partial charge on any atom is 0.323 e. The van der Waals surface area contributed by atoms with Crippen molar-refractivity contribution >= 4 is 30.6 Å². The van der Waals surface area contributed by atoms with Crippen molar-refractivity contribution in [1.82, 2.24) is 0 Å². The van der Waals surface area contributed by atoms with E-state index >= 15 is 0 Å². The van der Waals surface area contributed by atoms with Gasteiger partial charge in [-0.1, -0.05) is 81.4 Å². The third-order valence-electron chi connectivity index (χ3n) is 6.38. The molecule has 0 unspecified atom stereocenters. The number of carbonyl (C=O) groups excluding carboxylic acids is 2. The predicted molar refractivity (Wildman–Crippen MR) is 137 cm³/mol. The molecule has 1 fully saturated rings. The Morgan fingerprint density at radius 3 is 1.50 bits per heavy atom. The normalized spacial score (nSPS) is 16.3. The average molecular weight is 483 g/mol. The fourth-order valence-corrected chi connectivity index (χ4v) is 9.49. The number of benzene rings is 2. The molecule has 1 aliphatic carbocycles. The minimum atomic E-state index is -2.78. The van der Waals surface area contributed by atoms with Gasteiger partial charge in [-0.15, -0.1) is 0 Å². The van der Waals surface area contributed by atoms with Crippen LogP contribution < -0.4 is 10.4 Å². The van der Waals surface area contributed by atoms with Gasteiger partial charge in [-0.2, -0.15) is 0 Å². The molecule has 6 heteroatoms. The molecule has 0 amide bonds. The van der Waals surface area contributed by atoms with Crippen molar-refractivity contribution in [2.75, 3.05) is 0 Å². The highest BCUT2D eigenvalue weighted by Crippen LogP contribution is 2.49. The number of esters is 2. The summed E-state index contributed by atoms with van der Waals surface area (Å²) in [7, 11) is -2.78. The van der Waals surface area contributed by atoms with E-state index in [-0.39, 0.29) is 36.2 Å². The maximum atomic E-state index is 13.1. The molecule has 0 atom stereocenters. The molecule has 184 valence electrons. The Bertz CT molecular complexity index is 909. The van der Waals surface area contributed by atoms with E-state index in [0.717, 1.165) is 0 Å². The zero-order valence-electron chi connectivity index (χ0n) is 21.5. The van der Waals surface area contributed by atoms with Crippen LogP contribution in [0.3, 0.4) is 0 Å². The summed E-state index contributed by atoms with van der Waals surface area (Å²) < 4.78 is 18.1. The summed E-state index contributed by atoms with van der Waals surface area (Å²) in [6.45, 7) is 13.8. The van der Waals surface area contributed by atoms with Crippen LogP contribution in [0.2, 0.25) is 5.04 Å². The average Bonchev–Trinajstić information content (AvgIpc) is 2.72. The van der Waals surface area contributed by atoms with E-state index in [1.54, 1.807) is 27.7 Å².